The van der Waals surface area contributed by atoms with Crippen molar-refractivity contribution in [1.82, 2.24) is 0 Å². The van der Waals surface area contributed by atoms with Gasteiger partial charge in [0.1, 0.15) is 6.10 Å². The Hall–Kier alpha value is -0.860. The van der Waals surface area contributed by atoms with Crippen LogP contribution in [0.25, 0.3) is 0 Å². The van der Waals surface area contributed by atoms with Crippen LogP contribution in [0.4, 0.5) is 0 Å². The van der Waals surface area contributed by atoms with E-state index in [1.165, 1.54) is 24.8 Å². The summed E-state index contributed by atoms with van der Waals surface area (Å²) in [4.78, 5) is 0. The Balaban J connectivity index is 1.99. The van der Waals surface area contributed by atoms with Crippen molar-refractivity contribution in [3.05, 3.63) is 34.4 Å². The molecule has 0 bridgehead atoms. The summed E-state index contributed by atoms with van der Waals surface area (Å²) in [6.45, 7) is 8.91. The minimum absolute atomic E-state index is 0.324. The van der Waals surface area contributed by atoms with E-state index >= 15 is 0 Å². The molecule has 0 aromatic heterocycles. The third kappa shape index (κ3) is 3.62. The fourth-order valence-corrected chi connectivity index (χ4v) is 3.54. The van der Waals surface area contributed by atoms with Gasteiger partial charge in [0.15, 0.2) is 0 Å². The van der Waals surface area contributed by atoms with Crippen molar-refractivity contribution in [3.63, 3.8) is 0 Å². The Kier molecular flexibility index (Phi) is 5.22. The zero-order valence-electron chi connectivity index (χ0n) is 13.3. The first-order valence-corrected chi connectivity index (χ1v) is 7.86. The molecule has 2 rings (SSSR count). The lowest BCUT2D eigenvalue weighted by molar-refractivity contribution is -0.0470. The monoisotopic (exact) mass is 276 g/mol. The summed E-state index contributed by atoms with van der Waals surface area (Å²) in [5.41, 5.74) is 4.61. The molecule has 0 amide bonds. The number of rotatable bonds is 4. The predicted molar refractivity (Wildman–Crippen MR) is 83.0 cm³/mol. The molecule has 2 heteroatoms. The maximum absolute atomic E-state index is 10.5. The van der Waals surface area contributed by atoms with Crippen LogP contribution in [0.3, 0.4) is 0 Å². The molecule has 0 radical (unpaired) electrons. The third-order valence-electron chi connectivity index (χ3n) is 4.57. The molecule has 0 spiro atoms. The Morgan fingerprint density at radius 2 is 1.75 bits per heavy atom. The average molecular weight is 276 g/mol. The zero-order valence-corrected chi connectivity index (χ0v) is 13.3. The maximum atomic E-state index is 10.5. The minimum Gasteiger partial charge on any atom is -0.386 e. The highest BCUT2D eigenvalue weighted by Gasteiger charge is 2.23. The van der Waals surface area contributed by atoms with Gasteiger partial charge in [0.2, 0.25) is 0 Å². The SMILES string of the molecule is Cc1cc(C)c(C(O)COC2CCCCC2C)c(C)c1. The van der Waals surface area contributed by atoms with Crippen molar-refractivity contribution in [2.45, 2.75) is 65.6 Å². The Bertz CT molecular complexity index is 430. The van der Waals surface area contributed by atoms with Gasteiger partial charge in [-0.3, -0.25) is 0 Å². The standard InChI is InChI=1S/C18H28O2/c1-12-9-14(3)18(15(4)10-12)16(19)11-20-17-8-6-5-7-13(17)2/h9-10,13,16-17,19H,5-8,11H2,1-4H3. The molecule has 1 saturated carbocycles. The molecule has 0 saturated heterocycles. The van der Waals surface area contributed by atoms with Crippen molar-refractivity contribution in [3.8, 4) is 0 Å². The lowest BCUT2D eigenvalue weighted by Crippen LogP contribution is -2.27. The van der Waals surface area contributed by atoms with Gasteiger partial charge in [-0.25, -0.2) is 0 Å². The molecule has 20 heavy (non-hydrogen) atoms. The van der Waals surface area contributed by atoms with Gasteiger partial charge in [0.25, 0.3) is 0 Å². The normalized spacial score (nSPS) is 24.6. The van der Waals surface area contributed by atoms with E-state index in [9.17, 15) is 5.11 Å². The van der Waals surface area contributed by atoms with Crippen molar-refractivity contribution in [2.24, 2.45) is 5.92 Å². The second-order valence-corrected chi connectivity index (χ2v) is 6.46. The Labute approximate surface area is 123 Å². The quantitative estimate of drug-likeness (QED) is 0.891. The van der Waals surface area contributed by atoms with Gasteiger partial charge < -0.3 is 9.84 Å². The van der Waals surface area contributed by atoms with Gasteiger partial charge >= 0.3 is 0 Å². The average Bonchev–Trinajstić information content (AvgIpc) is 2.36. The lowest BCUT2D eigenvalue weighted by Gasteiger charge is -2.30. The van der Waals surface area contributed by atoms with Gasteiger partial charge in [-0.1, -0.05) is 37.5 Å². The van der Waals surface area contributed by atoms with E-state index in [2.05, 4.69) is 39.8 Å². The van der Waals surface area contributed by atoms with Gasteiger partial charge in [-0.15, -0.1) is 0 Å². The van der Waals surface area contributed by atoms with Crippen LogP contribution in [-0.4, -0.2) is 17.8 Å². The van der Waals surface area contributed by atoms with Crippen LogP contribution in [-0.2, 0) is 4.74 Å². The fourth-order valence-electron chi connectivity index (χ4n) is 3.54. The molecule has 3 unspecified atom stereocenters. The maximum Gasteiger partial charge on any atom is 0.103 e. The minimum atomic E-state index is -0.510. The summed E-state index contributed by atoms with van der Waals surface area (Å²) >= 11 is 0. The number of hydrogen-bond acceptors (Lipinski definition) is 2. The third-order valence-corrected chi connectivity index (χ3v) is 4.57. The predicted octanol–water partition coefficient (Wildman–Crippen LogP) is 4.24. The van der Waals surface area contributed by atoms with Crippen LogP contribution in [0.2, 0.25) is 0 Å². The Morgan fingerprint density at radius 1 is 1.15 bits per heavy atom. The number of aryl methyl sites for hydroxylation is 3. The van der Waals surface area contributed by atoms with Crippen LogP contribution in [0.5, 0.6) is 0 Å². The number of benzene rings is 1. The van der Waals surface area contributed by atoms with E-state index in [0.29, 0.717) is 18.6 Å². The fraction of sp³-hybridized carbons (Fsp3) is 0.667. The summed E-state index contributed by atoms with van der Waals surface area (Å²) in [7, 11) is 0. The summed E-state index contributed by atoms with van der Waals surface area (Å²) in [5.74, 6) is 0.621. The van der Waals surface area contributed by atoms with Gasteiger partial charge in [0, 0.05) is 0 Å². The van der Waals surface area contributed by atoms with Gasteiger partial charge in [-0.2, -0.15) is 0 Å². The lowest BCUT2D eigenvalue weighted by atomic mass is 9.88. The van der Waals surface area contributed by atoms with E-state index in [4.69, 9.17) is 4.74 Å². The summed E-state index contributed by atoms with van der Waals surface area (Å²) in [5, 5.41) is 10.5. The molecule has 1 N–H and O–H groups in total. The molecule has 0 aliphatic heterocycles. The van der Waals surface area contributed by atoms with Crippen LogP contribution < -0.4 is 0 Å². The number of ether oxygens (including phenoxy) is 1. The molecule has 2 nitrogen and oxygen atoms in total. The highest BCUT2D eigenvalue weighted by atomic mass is 16.5. The van der Waals surface area contributed by atoms with Crippen molar-refractivity contribution < 1.29 is 9.84 Å². The molecule has 1 aliphatic carbocycles. The van der Waals surface area contributed by atoms with E-state index in [0.717, 1.165) is 23.1 Å². The molecule has 1 aliphatic rings. The highest BCUT2D eigenvalue weighted by Crippen LogP contribution is 2.29. The number of aliphatic hydroxyl groups excluding tert-OH is 1. The molecule has 112 valence electrons. The van der Waals surface area contributed by atoms with Crippen LogP contribution in [0.15, 0.2) is 12.1 Å². The first kappa shape index (κ1) is 15.5. The summed E-state index contributed by atoms with van der Waals surface area (Å²) in [6, 6.07) is 4.27. The molecular weight excluding hydrogens is 248 g/mol. The van der Waals surface area contributed by atoms with Crippen molar-refractivity contribution in [2.75, 3.05) is 6.61 Å². The second-order valence-electron chi connectivity index (χ2n) is 6.46. The van der Waals surface area contributed by atoms with Crippen molar-refractivity contribution in [1.29, 1.82) is 0 Å². The van der Waals surface area contributed by atoms with Crippen LogP contribution in [0.1, 0.15) is 61.0 Å². The van der Waals surface area contributed by atoms with Gasteiger partial charge in [-0.05, 0) is 56.2 Å². The number of hydrogen-bond donors (Lipinski definition) is 1. The highest BCUT2D eigenvalue weighted by molar-refractivity contribution is 5.38. The van der Waals surface area contributed by atoms with Gasteiger partial charge in [0.05, 0.1) is 12.7 Å². The number of aliphatic hydroxyl groups is 1. The molecule has 3 atom stereocenters. The molecule has 0 heterocycles. The topological polar surface area (TPSA) is 29.5 Å². The molecule has 1 aromatic rings. The van der Waals surface area contributed by atoms with Crippen LogP contribution in [0, 0.1) is 26.7 Å². The molecule has 1 fully saturated rings. The summed E-state index contributed by atoms with van der Waals surface area (Å²) < 4.78 is 6.00. The Morgan fingerprint density at radius 3 is 2.35 bits per heavy atom. The first-order chi connectivity index (χ1) is 9.49. The summed E-state index contributed by atoms with van der Waals surface area (Å²) in [6.07, 6.45) is 4.78. The molecular formula is C18H28O2. The van der Waals surface area contributed by atoms with Crippen molar-refractivity contribution >= 4 is 0 Å². The first-order valence-electron chi connectivity index (χ1n) is 7.86. The second kappa shape index (κ2) is 6.73. The zero-order chi connectivity index (χ0) is 14.7. The largest absolute Gasteiger partial charge is 0.386 e. The van der Waals surface area contributed by atoms with E-state index in [1.54, 1.807) is 0 Å². The van der Waals surface area contributed by atoms with E-state index in [-0.39, 0.29) is 0 Å². The van der Waals surface area contributed by atoms with E-state index < -0.39 is 6.10 Å². The molecule has 1 aromatic carbocycles. The smallest absolute Gasteiger partial charge is 0.103 e. The van der Waals surface area contributed by atoms with E-state index in [1.807, 2.05) is 0 Å². The van der Waals surface area contributed by atoms with Crippen LogP contribution >= 0.6 is 0 Å².